The lowest BCUT2D eigenvalue weighted by Crippen LogP contribution is -2.32. The molecule has 0 fully saturated rings. The van der Waals surface area contributed by atoms with Crippen LogP contribution in [0, 0.1) is 6.92 Å². The lowest BCUT2D eigenvalue weighted by Gasteiger charge is -2.13. The summed E-state index contributed by atoms with van der Waals surface area (Å²) < 4.78 is 43.6. The number of aromatic nitrogens is 3. The fourth-order valence-corrected chi connectivity index (χ4v) is 2.94. The first-order chi connectivity index (χ1) is 15.2. The van der Waals surface area contributed by atoms with Crippen molar-refractivity contribution in [1.29, 1.82) is 0 Å². The molecule has 32 heavy (non-hydrogen) atoms. The number of nitrogens with one attached hydrogen (secondary N) is 3. The van der Waals surface area contributed by atoms with Crippen LogP contribution in [0.5, 0.6) is 0 Å². The minimum absolute atomic E-state index is 0.00856. The summed E-state index contributed by atoms with van der Waals surface area (Å²) in [5, 5.41) is 24.6. The summed E-state index contributed by atoms with van der Waals surface area (Å²) in [6.45, 7) is 1.41. The fraction of sp³-hybridized carbons (Fsp3) is 0.263. The van der Waals surface area contributed by atoms with Gasteiger partial charge in [0.05, 0.1) is 16.1 Å². The molecule has 3 rings (SSSR count). The van der Waals surface area contributed by atoms with Crippen LogP contribution >= 0.6 is 11.6 Å². The van der Waals surface area contributed by atoms with Gasteiger partial charge < -0.3 is 25.5 Å². The van der Waals surface area contributed by atoms with Gasteiger partial charge in [0.25, 0.3) is 0 Å². The molecule has 0 unspecified atom stereocenters. The van der Waals surface area contributed by atoms with Crippen molar-refractivity contribution >= 4 is 29.1 Å². The van der Waals surface area contributed by atoms with Gasteiger partial charge in [0, 0.05) is 25.0 Å². The number of amides is 2. The van der Waals surface area contributed by atoms with Crippen LogP contribution in [0.3, 0.4) is 0 Å². The van der Waals surface area contributed by atoms with Crippen molar-refractivity contribution in [2.75, 3.05) is 23.7 Å². The number of aliphatic hydroxyl groups excluding tert-OH is 1. The van der Waals surface area contributed by atoms with E-state index in [4.69, 9.17) is 21.1 Å². The van der Waals surface area contributed by atoms with Gasteiger partial charge >= 0.3 is 12.2 Å². The second-order valence-electron chi connectivity index (χ2n) is 6.55. The molecule has 2 aromatic heterocycles. The van der Waals surface area contributed by atoms with Gasteiger partial charge in [-0.2, -0.15) is 13.2 Å². The van der Waals surface area contributed by atoms with E-state index in [-0.39, 0.29) is 47.8 Å². The number of pyridine rings is 1. The molecule has 0 atom stereocenters. The van der Waals surface area contributed by atoms with Gasteiger partial charge in [-0.15, -0.1) is 10.2 Å². The van der Waals surface area contributed by atoms with Crippen LogP contribution in [0.2, 0.25) is 5.02 Å². The second-order valence-corrected chi connectivity index (χ2v) is 6.96. The van der Waals surface area contributed by atoms with Gasteiger partial charge in [0.15, 0.2) is 0 Å². The Morgan fingerprint density at radius 1 is 1.22 bits per heavy atom. The molecule has 3 aromatic rings. The molecule has 0 radical (unpaired) electrons. The zero-order valence-electron chi connectivity index (χ0n) is 16.6. The predicted octanol–water partition coefficient (Wildman–Crippen LogP) is 3.84. The molecule has 9 nitrogen and oxygen atoms in total. The lowest BCUT2D eigenvalue weighted by atomic mass is 10.1. The summed E-state index contributed by atoms with van der Waals surface area (Å²) in [6, 6.07) is 4.34. The molecule has 4 N–H and O–H groups in total. The highest BCUT2D eigenvalue weighted by Crippen LogP contribution is 2.32. The maximum absolute atomic E-state index is 12.8. The summed E-state index contributed by atoms with van der Waals surface area (Å²) in [5.41, 5.74) is -0.0334. The molecule has 0 aliphatic heterocycles. The Labute approximate surface area is 185 Å². The number of hydrogen-bond acceptors (Lipinski definition) is 7. The molecule has 1 aromatic carbocycles. The van der Waals surface area contributed by atoms with E-state index in [0.717, 1.165) is 6.07 Å². The third kappa shape index (κ3) is 5.86. The minimum Gasteiger partial charge on any atom is -0.418 e. The molecule has 0 aliphatic rings. The summed E-state index contributed by atoms with van der Waals surface area (Å²) in [7, 11) is 0. The maximum atomic E-state index is 12.8. The quantitative estimate of drug-likeness (QED) is 0.386. The molecule has 0 saturated heterocycles. The number of carbonyl (C=O) groups excluding carboxylic acids is 1. The monoisotopic (exact) mass is 470 g/mol. The van der Waals surface area contributed by atoms with Gasteiger partial charge in [-0.25, -0.2) is 9.78 Å². The fourth-order valence-electron chi connectivity index (χ4n) is 2.71. The van der Waals surface area contributed by atoms with Crippen LogP contribution in [-0.4, -0.2) is 39.4 Å². The van der Waals surface area contributed by atoms with Crippen LogP contribution < -0.4 is 16.0 Å². The highest BCUT2D eigenvalue weighted by Gasteiger charge is 2.32. The number of nitrogens with zero attached hydrogens (tertiary/aromatic N) is 3. The second kappa shape index (κ2) is 9.83. The average Bonchev–Trinajstić information content (AvgIpc) is 3.20. The van der Waals surface area contributed by atoms with Gasteiger partial charge in [0.1, 0.15) is 12.4 Å². The summed E-state index contributed by atoms with van der Waals surface area (Å²) in [5.74, 6) is 0.582. The number of carbonyl (C=O) groups is 1. The van der Waals surface area contributed by atoms with E-state index in [1.807, 2.05) is 0 Å². The first kappa shape index (κ1) is 23.3. The summed E-state index contributed by atoms with van der Waals surface area (Å²) in [6.07, 6.45) is -2.99. The Bertz CT molecular complexity index is 1110. The van der Waals surface area contributed by atoms with Crippen molar-refractivity contribution in [3.8, 4) is 11.5 Å². The maximum Gasteiger partial charge on any atom is 0.416 e. The Hall–Kier alpha value is -3.38. The highest BCUT2D eigenvalue weighted by atomic mass is 35.5. The molecular weight excluding hydrogens is 453 g/mol. The third-order valence-electron chi connectivity index (χ3n) is 4.18. The van der Waals surface area contributed by atoms with Crippen molar-refractivity contribution in [1.82, 2.24) is 20.5 Å². The lowest BCUT2D eigenvalue weighted by molar-refractivity contribution is -0.138. The van der Waals surface area contributed by atoms with E-state index in [2.05, 4.69) is 31.1 Å². The first-order valence-electron chi connectivity index (χ1n) is 9.23. The third-order valence-corrected chi connectivity index (χ3v) is 4.47. The Kier molecular flexibility index (Phi) is 7.15. The minimum atomic E-state index is -4.45. The van der Waals surface area contributed by atoms with E-state index >= 15 is 0 Å². The van der Waals surface area contributed by atoms with Crippen molar-refractivity contribution in [2.45, 2.75) is 19.7 Å². The van der Waals surface area contributed by atoms with E-state index in [1.165, 1.54) is 25.3 Å². The van der Waals surface area contributed by atoms with E-state index in [9.17, 15) is 18.0 Å². The van der Waals surface area contributed by atoms with Gasteiger partial charge in [-0.05, 0) is 36.8 Å². The van der Waals surface area contributed by atoms with Crippen molar-refractivity contribution in [2.24, 2.45) is 0 Å². The molecule has 13 heteroatoms. The molecular formula is C19H18ClF3N6O3. The number of anilines is 2. The van der Waals surface area contributed by atoms with Crippen LogP contribution in [-0.2, 0) is 12.8 Å². The zero-order chi connectivity index (χ0) is 23.3. The van der Waals surface area contributed by atoms with Gasteiger partial charge in [-0.3, -0.25) is 0 Å². The number of alkyl halides is 3. The number of aliphatic hydroxyl groups is 1. The van der Waals surface area contributed by atoms with Crippen molar-refractivity contribution in [3.63, 3.8) is 0 Å². The summed E-state index contributed by atoms with van der Waals surface area (Å²) >= 11 is 6.18. The normalized spacial score (nSPS) is 11.3. The summed E-state index contributed by atoms with van der Waals surface area (Å²) in [4.78, 5) is 16.1. The molecule has 0 aliphatic carbocycles. The van der Waals surface area contributed by atoms with Crippen LogP contribution in [0.25, 0.3) is 11.5 Å². The Balaban J connectivity index is 1.48. The van der Waals surface area contributed by atoms with Crippen molar-refractivity contribution < 1.29 is 27.5 Å². The average molecular weight is 471 g/mol. The van der Waals surface area contributed by atoms with Crippen LogP contribution in [0.1, 0.15) is 17.0 Å². The Morgan fingerprint density at radius 2 is 2.00 bits per heavy atom. The Morgan fingerprint density at radius 3 is 2.62 bits per heavy atom. The number of urea groups is 1. The molecule has 2 heterocycles. The molecule has 170 valence electrons. The number of aryl methyl sites for hydroxylation is 1. The van der Waals surface area contributed by atoms with E-state index < -0.39 is 17.8 Å². The highest BCUT2D eigenvalue weighted by molar-refractivity contribution is 6.33. The first-order valence-corrected chi connectivity index (χ1v) is 9.61. The number of hydrogen-bond donors (Lipinski definition) is 4. The standard InChI is InChI=1S/C19H18ClF3N6O3/c1-10-6-12(2-3-13(10)19(21,22)23)27-18(31)25-5-4-24-16-14(20)7-11(8-26-16)17-29-28-15(9-30)32-17/h2-3,6-8,30H,4-5,9H2,1H3,(H,24,26)(H2,25,27,31). The topological polar surface area (TPSA) is 125 Å². The molecule has 0 saturated carbocycles. The predicted molar refractivity (Wildman–Crippen MR) is 110 cm³/mol. The molecule has 0 bridgehead atoms. The zero-order valence-corrected chi connectivity index (χ0v) is 17.4. The smallest absolute Gasteiger partial charge is 0.416 e. The molecule has 0 spiro atoms. The molecule has 2 amide bonds. The van der Waals surface area contributed by atoms with E-state index in [1.54, 1.807) is 6.07 Å². The van der Waals surface area contributed by atoms with Crippen LogP contribution in [0.15, 0.2) is 34.9 Å². The van der Waals surface area contributed by atoms with E-state index in [0.29, 0.717) is 11.4 Å². The van der Waals surface area contributed by atoms with Gasteiger partial charge in [-0.1, -0.05) is 11.6 Å². The number of benzene rings is 1. The SMILES string of the molecule is Cc1cc(NC(=O)NCCNc2ncc(-c3nnc(CO)o3)cc2Cl)ccc1C(F)(F)F. The number of halogens is 4. The largest absolute Gasteiger partial charge is 0.418 e. The van der Waals surface area contributed by atoms with Crippen LogP contribution in [0.4, 0.5) is 29.5 Å². The van der Waals surface area contributed by atoms with Gasteiger partial charge in [0.2, 0.25) is 11.8 Å². The van der Waals surface area contributed by atoms with Crippen molar-refractivity contribution in [3.05, 3.63) is 52.5 Å². The number of rotatable bonds is 7.